The van der Waals surface area contributed by atoms with Crippen LogP contribution >= 0.6 is 0 Å². The minimum atomic E-state index is -3.51. The molecular formula is C14H26N4O2S. The van der Waals surface area contributed by atoms with Crippen LogP contribution in [0.1, 0.15) is 50.9 Å². The van der Waals surface area contributed by atoms with Crippen LogP contribution < -0.4 is 10.0 Å². The maximum atomic E-state index is 12.6. The number of aryl methyl sites for hydroxylation is 1. The van der Waals surface area contributed by atoms with E-state index in [1.54, 1.807) is 6.92 Å². The third-order valence-corrected chi connectivity index (χ3v) is 5.83. The molecule has 0 unspecified atom stereocenters. The molecular weight excluding hydrogens is 288 g/mol. The second-order valence-corrected chi connectivity index (χ2v) is 7.63. The summed E-state index contributed by atoms with van der Waals surface area (Å²) in [5.74, 6) is 0.700. The number of hydrogen-bond acceptors (Lipinski definition) is 4. The third-order valence-electron chi connectivity index (χ3n) is 4.11. The van der Waals surface area contributed by atoms with Crippen molar-refractivity contribution in [2.45, 2.75) is 63.9 Å². The summed E-state index contributed by atoms with van der Waals surface area (Å²) in [5, 5.41) is 10.0. The van der Waals surface area contributed by atoms with E-state index in [0.29, 0.717) is 28.7 Å². The van der Waals surface area contributed by atoms with Crippen LogP contribution in [0, 0.1) is 12.8 Å². The van der Waals surface area contributed by atoms with Gasteiger partial charge in [-0.2, -0.15) is 5.10 Å². The molecule has 0 spiro atoms. The molecule has 0 atom stereocenters. The number of rotatable bonds is 6. The van der Waals surface area contributed by atoms with E-state index < -0.39 is 10.0 Å². The van der Waals surface area contributed by atoms with Crippen molar-refractivity contribution in [1.82, 2.24) is 20.2 Å². The van der Waals surface area contributed by atoms with E-state index >= 15 is 0 Å². The molecule has 0 bridgehead atoms. The number of hydrogen-bond donors (Lipinski definition) is 3. The molecule has 0 aromatic carbocycles. The Labute approximate surface area is 127 Å². The minimum absolute atomic E-state index is 0.0486. The van der Waals surface area contributed by atoms with Crippen molar-refractivity contribution in [3.63, 3.8) is 0 Å². The lowest BCUT2D eigenvalue weighted by molar-refractivity contribution is 0.332. The van der Waals surface area contributed by atoms with Crippen LogP contribution in [0.5, 0.6) is 0 Å². The van der Waals surface area contributed by atoms with Gasteiger partial charge in [0.25, 0.3) is 0 Å². The first kappa shape index (κ1) is 16.5. The molecule has 2 rings (SSSR count). The number of sulfonamides is 1. The number of aromatic amines is 1. The summed E-state index contributed by atoms with van der Waals surface area (Å²) in [5.41, 5.74) is 1.16. The van der Waals surface area contributed by atoms with Gasteiger partial charge in [-0.05, 0) is 45.1 Å². The molecule has 0 saturated heterocycles. The van der Waals surface area contributed by atoms with Crippen LogP contribution in [0.4, 0.5) is 0 Å². The molecule has 1 aromatic heterocycles. The Bertz CT molecular complexity index is 560. The van der Waals surface area contributed by atoms with Gasteiger partial charge >= 0.3 is 0 Å². The molecule has 1 aliphatic rings. The van der Waals surface area contributed by atoms with Gasteiger partial charge in [-0.25, -0.2) is 13.1 Å². The Morgan fingerprint density at radius 3 is 2.57 bits per heavy atom. The van der Waals surface area contributed by atoms with Crippen LogP contribution in [0.3, 0.4) is 0 Å². The quantitative estimate of drug-likeness (QED) is 0.745. The molecule has 0 amide bonds. The molecule has 120 valence electrons. The molecule has 7 heteroatoms. The molecule has 0 aliphatic heterocycles. The lowest BCUT2D eigenvalue weighted by Gasteiger charge is -2.26. The summed E-state index contributed by atoms with van der Waals surface area (Å²) < 4.78 is 28.2. The summed E-state index contributed by atoms with van der Waals surface area (Å²) in [4.78, 5) is 0.307. The van der Waals surface area contributed by atoms with Gasteiger partial charge in [0.15, 0.2) is 0 Å². The molecule has 1 heterocycles. The van der Waals surface area contributed by atoms with Crippen LogP contribution in [0.25, 0.3) is 0 Å². The van der Waals surface area contributed by atoms with Crippen molar-refractivity contribution in [1.29, 1.82) is 0 Å². The normalized spacial score (nSPS) is 23.4. The Hall–Kier alpha value is -0.920. The van der Waals surface area contributed by atoms with E-state index in [1.165, 1.54) is 0 Å². The Morgan fingerprint density at radius 2 is 1.95 bits per heavy atom. The van der Waals surface area contributed by atoms with Crippen LogP contribution in [0.15, 0.2) is 4.90 Å². The molecule has 1 aliphatic carbocycles. The zero-order valence-electron chi connectivity index (χ0n) is 13.1. The van der Waals surface area contributed by atoms with Gasteiger partial charge in [0.1, 0.15) is 4.90 Å². The van der Waals surface area contributed by atoms with E-state index in [0.717, 1.165) is 32.2 Å². The highest BCUT2D eigenvalue weighted by atomic mass is 32.2. The van der Waals surface area contributed by atoms with Crippen molar-refractivity contribution in [3.8, 4) is 0 Å². The first-order valence-corrected chi connectivity index (χ1v) is 9.19. The number of nitrogens with zero attached hydrogens (tertiary/aromatic N) is 1. The highest BCUT2D eigenvalue weighted by Crippen LogP contribution is 2.26. The van der Waals surface area contributed by atoms with Gasteiger partial charge in [0.2, 0.25) is 10.0 Å². The lowest BCUT2D eigenvalue weighted by atomic mass is 9.88. The summed E-state index contributed by atoms with van der Waals surface area (Å²) in [7, 11) is -3.51. The molecule has 1 fully saturated rings. The van der Waals surface area contributed by atoms with E-state index in [4.69, 9.17) is 0 Å². The van der Waals surface area contributed by atoms with E-state index in [1.807, 2.05) is 6.92 Å². The fraction of sp³-hybridized carbons (Fsp3) is 0.786. The van der Waals surface area contributed by atoms with Gasteiger partial charge in [-0.15, -0.1) is 0 Å². The van der Waals surface area contributed by atoms with Crippen LogP contribution in [-0.2, 0) is 16.6 Å². The van der Waals surface area contributed by atoms with E-state index in [9.17, 15) is 8.42 Å². The van der Waals surface area contributed by atoms with Gasteiger partial charge < -0.3 is 5.32 Å². The van der Waals surface area contributed by atoms with Crippen molar-refractivity contribution >= 4 is 10.0 Å². The molecule has 6 nitrogen and oxygen atoms in total. The van der Waals surface area contributed by atoms with Crippen LogP contribution in [0.2, 0.25) is 0 Å². The molecule has 21 heavy (non-hydrogen) atoms. The third kappa shape index (κ3) is 4.05. The Balaban J connectivity index is 2.13. The Kier molecular flexibility index (Phi) is 5.40. The fourth-order valence-electron chi connectivity index (χ4n) is 2.85. The fourth-order valence-corrected chi connectivity index (χ4v) is 4.51. The Morgan fingerprint density at radius 1 is 1.29 bits per heavy atom. The second-order valence-electron chi connectivity index (χ2n) is 5.98. The first-order chi connectivity index (χ1) is 9.94. The number of aromatic nitrogens is 2. The van der Waals surface area contributed by atoms with Crippen molar-refractivity contribution in [2.24, 2.45) is 5.92 Å². The van der Waals surface area contributed by atoms with Gasteiger partial charge in [-0.1, -0.05) is 13.8 Å². The summed E-state index contributed by atoms with van der Waals surface area (Å²) in [6.45, 7) is 7.19. The smallest absolute Gasteiger partial charge is 0.244 e. The summed E-state index contributed by atoms with van der Waals surface area (Å²) in [6.07, 6.45) is 4.00. The van der Waals surface area contributed by atoms with Crippen molar-refractivity contribution in [2.75, 3.05) is 6.54 Å². The standard InChI is InChI=1S/C14H26N4O2S/c1-4-15-9-13-14(11(3)16-17-13)21(19,20)18-12-7-5-10(2)6-8-12/h10,12,15,18H,4-9H2,1-3H3,(H,16,17). The predicted molar refractivity (Wildman–Crippen MR) is 82.4 cm³/mol. The van der Waals surface area contributed by atoms with Crippen molar-refractivity contribution in [3.05, 3.63) is 11.4 Å². The van der Waals surface area contributed by atoms with Crippen LogP contribution in [-0.4, -0.2) is 31.2 Å². The zero-order chi connectivity index (χ0) is 15.5. The maximum Gasteiger partial charge on any atom is 0.244 e. The molecule has 0 radical (unpaired) electrons. The number of H-pyrrole nitrogens is 1. The number of nitrogens with one attached hydrogen (secondary N) is 3. The van der Waals surface area contributed by atoms with E-state index in [-0.39, 0.29) is 6.04 Å². The summed E-state index contributed by atoms with van der Waals surface area (Å²) in [6, 6.07) is 0.0486. The molecule has 3 N–H and O–H groups in total. The predicted octanol–water partition coefficient (Wildman–Crippen LogP) is 1.68. The van der Waals surface area contributed by atoms with E-state index in [2.05, 4.69) is 27.2 Å². The van der Waals surface area contributed by atoms with Gasteiger partial charge in [0.05, 0.1) is 11.4 Å². The first-order valence-electron chi connectivity index (χ1n) is 7.71. The topological polar surface area (TPSA) is 86.9 Å². The van der Waals surface area contributed by atoms with Gasteiger partial charge in [-0.3, -0.25) is 5.10 Å². The highest BCUT2D eigenvalue weighted by Gasteiger charge is 2.28. The lowest BCUT2D eigenvalue weighted by Crippen LogP contribution is -2.38. The zero-order valence-corrected chi connectivity index (χ0v) is 13.9. The highest BCUT2D eigenvalue weighted by molar-refractivity contribution is 7.89. The largest absolute Gasteiger partial charge is 0.311 e. The second kappa shape index (κ2) is 6.89. The molecule has 1 saturated carbocycles. The average Bonchev–Trinajstić information content (AvgIpc) is 2.81. The van der Waals surface area contributed by atoms with Crippen molar-refractivity contribution < 1.29 is 8.42 Å². The minimum Gasteiger partial charge on any atom is -0.311 e. The average molecular weight is 314 g/mol. The monoisotopic (exact) mass is 314 g/mol. The maximum absolute atomic E-state index is 12.6. The molecule has 1 aromatic rings. The van der Waals surface area contributed by atoms with Gasteiger partial charge in [0, 0.05) is 12.6 Å². The summed E-state index contributed by atoms with van der Waals surface area (Å²) >= 11 is 0. The SMILES string of the molecule is CCNCc1n[nH]c(C)c1S(=O)(=O)NC1CCC(C)CC1.